The Kier molecular flexibility index (Phi) is 3.03. The number of benzene rings is 2. The van der Waals surface area contributed by atoms with Crippen molar-refractivity contribution in [2.45, 2.75) is 6.92 Å². The van der Waals surface area contributed by atoms with E-state index in [0.717, 1.165) is 0 Å². The third kappa shape index (κ3) is 2.00. The average molecular weight is 302 g/mol. The molecule has 0 saturated heterocycles. The van der Waals surface area contributed by atoms with Gasteiger partial charge in [-0.3, -0.25) is 10.1 Å². The summed E-state index contributed by atoms with van der Waals surface area (Å²) in [5.41, 5.74) is 1.58. The van der Waals surface area contributed by atoms with E-state index >= 15 is 0 Å². The number of nitro groups is 1. The number of rotatable bonds is 2. The zero-order chi connectivity index (χ0) is 15.1. The molecule has 0 aliphatic rings. The van der Waals surface area contributed by atoms with Crippen LogP contribution in [0.15, 0.2) is 35.5 Å². The van der Waals surface area contributed by atoms with E-state index in [1.165, 1.54) is 12.1 Å². The van der Waals surface area contributed by atoms with Gasteiger partial charge in [0.25, 0.3) is 5.69 Å². The first-order valence-corrected chi connectivity index (χ1v) is 6.41. The standard InChI is InChI=1S/C14H8ClN3O3/c1-7-2-5-10-12(14(7)18(20)21)13(15)9-4-3-8(17-19)6-11(9)16-10/h2-6H,1H3. The number of hydrogen-bond acceptors (Lipinski definition) is 5. The lowest BCUT2D eigenvalue weighted by Crippen LogP contribution is -1.95. The fourth-order valence-electron chi connectivity index (χ4n) is 2.35. The Bertz CT molecular complexity index is 924. The van der Waals surface area contributed by atoms with Gasteiger partial charge in [0, 0.05) is 10.9 Å². The van der Waals surface area contributed by atoms with E-state index in [1.807, 2.05) is 0 Å². The van der Waals surface area contributed by atoms with Crippen LogP contribution in [-0.2, 0) is 0 Å². The van der Waals surface area contributed by atoms with Gasteiger partial charge in [-0.2, -0.15) is 0 Å². The molecule has 0 spiro atoms. The van der Waals surface area contributed by atoms with E-state index in [1.54, 1.807) is 25.1 Å². The number of aryl methyl sites for hydroxylation is 1. The molecule has 0 unspecified atom stereocenters. The Labute approximate surface area is 123 Å². The lowest BCUT2D eigenvalue weighted by molar-refractivity contribution is -0.383. The number of hydrogen-bond donors (Lipinski definition) is 0. The molecule has 3 rings (SSSR count). The van der Waals surface area contributed by atoms with Crippen LogP contribution in [0.3, 0.4) is 0 Å². The molecule has 0 aliphatic carbocycles. The zero-order valence-corrected chi connectivity index (χ0v) is 11.6. The van der Waals surface area contributed by atoms with Crippen LogP contribution in [0.2, 0.25) is 5.02 Å². The minimum atomic E-state index is -0.460. The van der Waals surface area contributed by atoms with Crippen LogP contribution in [0.4, 0.5) is 11.4 Å². The van der Waals surface area contributed by atoms with E-state index in [0.29, 0.717) is 27.4 Å². The largest absolute Gasteiger partial charge is 0.283 e. The van der Waals surface area contributed by atoms with E-state index in [-0.39, 0.29) is 16.4 Å². The third-order valence-corrected chi connectivity index (χ3v) is 3.72. The first kappa shape index (κ1) is 13.4. The van der Waals surface area contributed by atoms with Gasteiger partial charge in [0.1, 0.15) is 5.69 Å². The molecule has 0 N–H and O–H groups in total. The van der Waals surface area contributed by atoms with Gasteiger partial charge >= 0.3 is 0 Å². The van der Waals surface area contributed by atoms with Crippen molar-refractivity contribution in [3.8, 4) is 0 Å². The van der Waals surface area contributed by atoms with Crippen LogP contribution in [0.5, 0.6) is 0 Å². The number of aromatic nitrogens is 1. The molecule has 0 radical (unpaired) electrons. The molecule has 0 fully saturated rings. The highest BCUT2D eigenvalue weighted by atomic mass is 35.5. The molecule has 0 amide bonds. The fraction of sp³-hybridized carbons (Fsp3) is 0.0714. The Balaban J connectivity index is 2.53. The Morgan fingerprint density at radius 2 is 2.00 bits per heavy atom. The maximum Gasteiger partial charge on any atom is 0.283 e. The van der Waals surface area contributed by atoms with Crippen LogP contribution in [0, 0.1) is 21.9 Å². The van der Waals surface area contributed by atoms with Gasteiger partial charge in [-0.1, -0.05) is 17.7 Å². The summed E-state index contributed by atoms with van der Waals surface area (Å²) < 4.78 is 0. The van der Waals surface area contributed by atoms with Crippen LogP contribution in [-0.4, -0.2) is 9.91 Å². The van der Waals surface area contributed by atoms with Crippen LogP contribution < -0.4 is 0 Å². The monoisotopic (exact) mass is 301 g/mol. The molecular formula is C14H8ClN3O3. The van der Waals surface area contributed by atoms with Crippen molar-refractivity contribution < 1.29 is 4.92 Å². The third-order valence-electron chi connectivity index (χ3n) is 3.32. The molecule has 0 bridgehead atoms. The maximum atomic E-state index is 11.3. The Hall–Kier alpha value is -2.60. The van der Waals surface area contributed by atoms with Crippen molar-refractivity contribution in [1.82, 2.24) is 4.98 Å². The molecule has 0 saturated carbocycles. The highest BCUT2D eigenvalue weighted by Crippen LogP contribution is 2.38. The summed E-state index contributed by atoms with van der Waals surface area (Å²) in [5.74, 6) is 0. The quantitative estimate of drug-likeness (QED) is 0.298. The second kappa shape index (κ2) is 4.75. The van der Waals surface area contributed by atoms with Gasteiger partial charge in [0.05, 0.1) is 26.4 Å². The molecule has 3 aromatic rings. The SMILES string of the molecule is Cc1ccc2nc3cc(N=O)ccc3c(Cl)c2c1[N+](=O)[O-]. The van der Waals surface area contributed by atoms with E-state index in [2.05, 4.69) is 10.2 Å². The Morgan fingerprint density at radius 1 is 1.24 bits per heavy atom. The lowest BCUT2D eigenvalue weighted by atomic mass is 10.1. The number of nitrogens with zero attached hydrogens (tertiary/aromatic N) is 3. The van der Waals surface area contributed by atoms with Gasteiger partial charge in [-0.15, -0.1) is 4.91 Å². The van der Waals surface area contributed by atoms with Crippen LogP contribution in [0.1, 0.15) is 5.56 Å². The van der Waals surface area contributed by atoms with E-state index < -0.39 is 4.92 Å². The summed E-state index contributed by atoms with van der Waals surface area (Å²) in [6.07, 6.45) is 0. The summed E-state index contributed by atoms with van der Waals surface area (Å²) in [7, 11) is 0. The number of halogens is 1. The predicted octanol–water partition coefficient (Wildman–Crippen LogP) is 4.66. The van der Waals surface area contributed by atoms with Crippen molar-refractivity contribution in [2.75, 3.05) is 0 Å². The lowest BCUT2D eigenvalue weighted by Gasteiger charge is -2.07. The number of fused-ring (bicyclic) bond motifs is 2. The molecule has 21 heavy (non-hydrogen) atoms. The minimum absolute atomic E-state index is 0.0514. The second-order valence-electron chi connectivity index (χ2n) is 4.60. The second-order valence-corrected chi connectivity index (χ2v) is 4.98. The number of nitro benzene ring substituents is 1. The normalized spacial score (nSPS) is 11.0. The van der Waals surface area contributed by atoms with Crippen molar-refractivity contribution in [3.63, 3.8) is 0 Å². The molecule has 1 aromatic heterocycles. The first-order chi connectivity index (χ1) is 10.0. The number of nitroso groups, excluding NO2 is 1. The molecule has 6 nitrogen and oxygen atoms in total. The highest BCUT2D eigenvalue weighted by molar-refractivity contribution is 6.41. The molecule has 2 aromatic carbocycles. The first-order valence-electron chi connectivity index (χ1n) is 6.03. The number of pyridine rings is 1. The fourth-order valence-corrected chi connectivity index (χ4v) is 2.70. The van der Waals surface area contributed by atoms with Gasteiger partial charge in [0.15, 0.2) is 0 Å². The van der Waals surface area contributed by atoms with Gasteiger partial charge in [-0.05, 0) is 36.4 Å². The van der Waals surface area contributed by atoms with Crippen molar-refractivity contribution >= 4 is 44.8 Å². The zero-order valence-electron chi connectivity index (χ0n) is 10.8. The van der Waals surface area contributed by atoms with Crippen molar-refractivity contribution in [3.05, 3.63) is 55.9 Å². The van der Waals surface area contributed by atoms with Crippen LogP contribution in [0.25, 0.3) is 21.8 Å². The van der Waals surface area contributed by atoms with E-state index in [4.69, 9.17) is 11.6 Å². The van der Waals surface area contributed by atoms with Gasteiger partial charge in [-0.25, -0.2) is 4.98 Å². The predicted molar refractivity (Wildman–Crippen MR) is 81.1 cm³/mol. The Morgan fingerprint density at radius 3 is 2.67 bits per heavy atom. The summed E-state index contributed by atoms with van der Waals surface area (Å²) >= 11 is 6.34. The summed E-state index contributed by atoms with van der Waals surface area (Å²) in [6, 6.07) is 7.88. The molecule has 1 heterocycles. The summed E-state index contributed by atoms with van der Waals surface area (Å²) in [4.78, 5) is 25.8. The molecule has 7 heteroatoms. The minimum Gasteiger partial charge on any atom is -0.258 e. The molecule has 0 atom stereocenters. The smallest absolute Gasteiger partial charge is 0.258 e. The molecular weight excluding hydrogens is 294 g/mol. The van der Waals surface area contributed by atoms with Gasteiger partial charge < -0.3 is 0 Å². The molecule has 0 aliphatic heterocycles. The summed E-state index contributed by atoms with van der Waals surface area (Å²) in [6.45, 7) is 1.65. The van der Waals surface area contributed by atoms with E-state index in [9.17, 15) is 15.0 Å². The van der Waals surface area contributed by atoms with Crippen molar-refractivity contribution in [1.29, 1.82) is 0 Å². The average Bonchev–Trinajstić information content (AvgIpc) is 2.47. The van der Waals surface area contributed by atoms with Crippen molar-refractivity contribution in [2.24, 2.45) is 5.18 Å². The summed E-state index contributed by atoms with van der Waals surface area (Å²) in [5, 5.41) is 15.2. The molecule has 104 valence electrons. The topological polar surface area (TPSA) is 85.5 Å². The van der Waals surface area contributed by atoms with Gasteiger partial charge in [0.2, 0.25) is 0 Å². The highest BCUT2D eigenvalue weighted by Gasteiger charge is 2.21. The van der Waals surface area contributed by atoms with Crippen LogP contribution >= 0.6 is 11.6 Å². The maximum absolute atomic E-state index is 11.3.